The molecule has 2 heterocycles. The standard InChI is InChI=1S/C32H38N4O9/c1-34(2)21-14-20(23-4-3-18(45-23)15-36-7-5-35(6-8-36)9-10-37)27(39)25-19(21)12-16-11-17-13-22(38)26(31(33)43)30(42)32(17,44)29(41)24(16)28(25)40/h3-4,14,16-17,37,39-40,42,44H,5-13,15H2,1-2H3,(H2,33,43)/t16-,17+,32+/m1/s1. The van der Waals surface area contributed by atoms with E-state index in [1.165, 1.54) is 0 Å². The first-order chi connectivity index (χ1) is 21.4. The number of nitrogens with zero attached hydrogens (tertiary/aromatic N) is 3. The second kappa shape index (κ2) is 11.3. The molecule has 3 aliphatic carbocycles. The maximum absolute atomic E-state index is 13.9. The quantitative estimate of drug-likeness (QED) is 0.238. The molecule has 240 valence electrons. The lowest BCUT2D eigenvalue weighted by Gasteiger charge is -2.46. The van der Waals surface area contributed by atoms with Gasteiger partial charge >= 0.3 is 0 Å². The zero-order valence-corrected chi connectivity index (χ0v) is 25.2. The van der Waals surface area contributed by atoms with Gasteiger partial charge in [-0.25, -0.2) is 0 Å². The van der Waals surface area contributed by atoms with Gasteiger partial charge in [0.1, 0.15) is 34.4 Å². The number of Topliss-reactive ketones (excluding diaryl/α,β-unsaturated/α-hetero) is 2. The largest absolute Gasteiger partial charge is 0.508 e. The van der Waals surface area contributed by atoms with Gasteiger partial charge < -0.3 is 40.6 Å². The Morgan fingerprint density at radius 2 is 1.78 bits per heavy atom. The number of hydrogen-bond acceptors (Lipinski definition) is 12. The Balaban J connectivity index is 1.38. The van der Waals surface area contributed by atoms with Crippen LogP contribution in [0.5, 0.6) is 5.75 Å². The molecule has 1 saturated heterocycles. The lowest BCUT2D eigenvalue weighted by Crippen LogP contribution is -2.58. The Bertz CT molecular complexity index is 1650. The number of hydrogen-bond donors (Lipinski definition) is 6. The number of anilines is 1. The van der Waals surface area contributed by atoms with Crippen molar-refractivity contribution in [2.24, 2.45) is 17.6 Å². The molecule has 0 radical (unpaired) electrons. The number of piperazine rings is 1. The summed E-state index contributed by atoms with van der Waals surface area (Å²) in [5.41, 5.74) is 3.22. The molecule has 6 rings (SSSR count). The normalized spacial score (nSPS) is 25.7. The number of ketones is 2. The van der Waals surface area contributed by atoms with Crippen LogP contribution < -0.4 is 10.6 Å². The van der Waals surface area contributed by atoms with E-state index < -0.39 is 52.0 Å². The summed E-state index contributed by atoms with van der Waals surface area (Å²) in [5.74, 6) is -5.61. The van der Waals surface area contributed by atoms with Crippen LogP contribution in [-0.4, -0.2) is 112 Å². The second-order valence-corrected chi connectivity index (χ2v) is 12.6. The Morgan fingerprint density at radius 1 is 1.09 bits per heavy atom. The lowest BCUT2D eigenvalue weighted by molar-refractivity contribution is -0.147. The molecular formula is C32H38N4O9. The van der Waals surface area contributed by atoms with Crippen molar-refractivity contribution in [1.82, 2.24) is 9.80 Å². The van der Waals surface area contributed by atoms with E-state index in [-0.39, 0.29) is 42.8 Å². The number of primary amides is 1. The van der Waals surface area contributed by atoms with E-state index >= 15 is 0 Å². The Morgan fingerprint density at radius 3 is 2.42 bits per heavy atom. The van der Waals surface area contributed by atoms with E-state index in [2.05, 4.69) is 9.80 Å². The molecule has 1 amide bonds. The number of aliphatic hydroxyl groups excluding tert-OH is 3. The molecule has 2 fully saturated rings. The molecule has 0 unspecified atom stereocenters. The third-order valence-electron chi connectivity index (χ3n) is 9.71. The summed E-state index contributed by atoms with van der Waals surface area (Å²) in [6, 6.07) is 5.33. The Hall–Kier alpha value is -4.17. The summed E-state index contributed by atoms with van der Waals surface area (Å²) in [6.45, 7) is 4.62. The van der Waals surface area contributed by atoms with Crippen LogP contribution in [0.25, 0.3) is 17.1 Å². The number of fused-ring (bicyclic) bond motifs is 3. The van der Waals surface area contributed by atoms with Gasteiger partial charge in [-0.05, 0) is 42.5 Å². The van der Waals surface area contributed by atoms with Crippen LogP contribution in [0.4, 0.5) is 5.69 Å². The minimum absolute atomic E-state index is 0.0151. The monoisotopic (exact) mass is 622 g/mol. The van der Waals surface area contributed by atoms with E-state index in [0.717, 1.165) is 26.2 Å². The number of amides is 1. The smallest absolute Gasteiger partial charge is 0.255 e. The fourth-order valence-electron chi connectivity index (χ4n) is 7.40. The van der Waals surface area contributed by atoms with E-state index in [9.17, 15) is 39.9 Å². The first-order valence-corrected chi connectivity index (χ1v) is 15.0. The van der Waals surface area contributed by atoms with E-state index in [1.807, 2.05) is 25.1 Å². The van der Waals surface area contributed by atoms with Crippen LogP contribution in [-0.2, 0) is 27.3 Å². The molecule has 1 aromatic heterocycles. The maximum Gasteiger partial charge on any atom is 0.255 e. The van der Waals surface area contributed by atoms with Gasteiger partial charge in [0, 0.05) is 70.4 Å². The molecule has 2 aromatic rings. The summed E-state index contributed by atoms with van der Waals surface area (Å²) in [7, 11) is 3.63. The summed E-state index contributed by atoms with van der Waals surface area (Å²) in [6.07, 6.45) is -0.0959. The average molecular weight is 623 g/mol. The van der Waals surface area contributed by atoms with E-state index in [0.29, 0.717) is 41.4 Å². The molecular weight excluding hydrogens is 584 g/mol. The zero-order valence-electron chi connectivity index (χ0n) is 25.2. The highest BCUT2D eigenvalue weighted by molar-refractivity contribution is 6.22. The first kappa shape index (κ1) is 30.8. The molecule has 13 nitrogen and oxygen atoms in total. The molecule has 7 N–H and O–H groups in total. The van der Waals surface area contributed by atoms with Crippen molar-refractivity contribution in [3.05, 3.63) is 52.0 Å². The van der Waals surface area contributed by atoms with Crippen LogP contribution in [0.1, 0.15) is 29.7 Å². The minimum atomic E-state index is -2.62. The van der Waals surface area contributed by atoms with E-state index in [4.69, 9.17) is 10.2 Å². The average Bonchev–Trinajstić information content (AvgIpc) is 3.44. The van der Waals surface area contributed by atoms with E-state index in [1.54, 1.807) is 12.1 Å². The van der Waals surface area contributed by atoms with Gasteiger partial charge in [0.15, 0.2) is 11.4 Å². The molecule has 0 spiro atoms. The van der Waals surface area contributed by atoms with Gasteiger partial charge in [0.2, 0.25) is 5.78 Å². The lowest BCUT2D eigenvalue weighted by atomic mass is 9.59. The number of benzene rings is 1. The molecule has 13 heteroatoms. The predicted octanol–water partition coefficient (Wildman–Crippen LogP) is 0.860. The van der Waals surface area contributed by atoms with Gasteiger partial charge in [-0.1, -0.05) is 0 Å². The topological polar surface area (TPSA) is 201 Å². The second-order valence-electron chi connectivity index (χ2n) is 12.6. The highest BCUT2D eigenvalue weighted by Crippen LogP contribution is 2.54. The maximum atomic E-state index is 13.9. The summed E-state index contributed by atoms with van der Waals surface area (Å²) in [4.78, 5) is 44.7. The highest BCUT2D eigenvalue weighted by Gasteiger charge is 2.60. The molecule has 3 atom stereocenters. The van der Waals surface area contributed by atoms with Gasteiger partial charge in [-0.3, -0.25) is 24.2 Å². The molecule has 1 saturated carbocycles. The number of furan rings is 1. The van der Waals surface area contributed by atoms with Gasteiger partial charge in [0.05, 0.1) is 24.3 Å². The molecule has 1 aliphatic heterocycles. The number of β-amino-alcohol motifs (C(OH)–C–C–N with tert-alkyl or cyclic N) is 1. The highest BCUT2D eigenvalue weighted by atomic mass is 16.4. The minimum Gasteiger partial charge on any atom is -0.508 e. The van der Waals surface area contributed by atoms with Crippen LogP contribution in [0.2, 0.25) is 0 Å². The number of phenols is 1. The molecule has 45 heavy (non-hydrogen) atoms. The van der Waals surface area contributed by atoms with Gasteiger partial charge in [-0.15, -0.1) is 0 Å². The molecule has 1 aromatic carbocycles. The number of aromatic hydroxyl groups is 1. The van der Waals surface area contributed by atoms with Crippen LogP contribution >= 0.6 is 0 Å². The fraction of sp³-hybridized carbons (Fsp3) is 0.469. The zero-order chi connectivity index (χ0) is 32.4. The SMILES string of the molecule is CN(C)c1cc(-c2ccc(CN3CCN(CCO)CC3)o2)c(O)c2c1C[C@H]1C[C@H]3CC(=O)C(C(N)=O)=C(O)[C@@]3(O)C(=O)C1=C2O. The van der Waals surface area contributed by atoms with Crippen molar-refractivity contribution in [1.29, 1.82) is 0 Å². The molecule has 0 bridgehead atoms. The van der Waals surface area contributed by atoms with Crippen LogP contribution in [0, 0.1) is 11.8 Å². The number of aliphatic hydroxyl groups is 4. The van der Waals surface area contributed by atoms with Gasteiger partial charge in [-0.2, -0.15) is 0 Å². The number of phenolic OH excluding ortho intramolecular Hbond substituents is 1. The number of carbonyl (C=O) groups excluding carboxylic acids is 3. The number of carbonyl (C=O) groups is 3. The third-order valence-corrected chi connectivity index (χ3v) is 9.71. The first-order valence-electron chi connectivity index (χ1n) is 15.0. The Kier molecular flexibility index (Phi) is 7.76. The van der Waals surface area contributed by atoms with Crippen molar-refractivity contribution in [3.63, 3.8) is 0 Å². The van der Waals surface area contributed by atoms with Crippen LogP contribution in [0.15, 0.2) is 39.5 Å². The summed E-state index contributed by atoms with van der Waals surface area (Å²) < 4.78 is 6.17. The molecule has 4 aliphatic rings. The van der Waals surface area contributed by atoms with Crippen LogP contribution in [0.3, 0.4) is 0 Å². The van der Waals surface area contributed by atoms with Crippen molar-refractivity contribution in [3.8, 4) is 17.1 Å². The number of rotatable bonds is 7. The van der Waals surface area contributed by atoms with Crippen molar-refractivity contribution >= 4 is 28.9 Å². The van der Waals surface area contributed by atoms with Crippen molar-refractivity contribution in [2.45, 2.75) is 31.4 Å². The summed E-state index contributed by atoms with van der Waals surface area (Å²) >= 11 is 0. The van der Waals surface area contributed by atoms with Crippen molar-refractivity contribution < 1.29 is 44.3 Å². The predicted molar refractivity (Wildman–Crippen MR) is 162 cm³/mol. The summed E-state index contributed by atoms with van der Waals surface area (Å²) in [5, 5.41) is 54.8. The van der Waals surface area contributed by atoms with Gasteiger partial charge in [0.25, 0.3) is 5.91 Å². The Labute approximate surface area is 259 Å². The van der Waals surface area contributed by atoms with Crippen molar-refractivity contribution in [2.75, 3.05) is 58.3 Å². The number of nitrogens with two attached hydrogens (primary N) is 1. The fourth-order valence-corrected chi connectivity index (χ4v) is 7.40. The third kappa shape index (κ3) is 4.90.